The highest BCUT2D eigenvalue weighted by atomic mass is 16.2. The number of carbonyl (C=O) groups is 2. The number of hydrogen-bond donors (Lipinski definition) is 0. The third-order valence-electron chi connectivity index (χ3n) is 5.95. The Labute approximate surface area is 223 Å². The molecule has 0 saturated carbocycles. The molecule has 0 atom stereocenters. The highest BCUT2D eigenvalue weighted by molar-refractivity contribution is 5.94. The number of rotatable bonds is 15. The summed E-state index contributed by atoms with van der Waals surface area (Å²) in [5, 5.41) is 0. The van der Waals surface area contributed by atoms with Crippen molar-refractivity contribution in [3.63, 3.8) is 0 Å². The Morgan fingerprint density at radius 1 is 0.730 bits per heavy atom. The second-order valence-corrected chi connectivity index (χ2v) is 8.87. The SMILES string of the molecule is CCC=CCC=CCC=CCC=CCC=CCC=CCCC(=O)N1CCN(C(=O)c2cccnc2)CC1. The zero-order chi connectivity index (χ0) is 26.4. The van der Waals surface area contributed by atoms with Crippen LogP contribution < -0.4 is 0 Å². The van der Waals surface area contributed by atoms with Gasteiger partial charge in [0.1, 0.15) is 0 Å². The van der Waals surface area contributed by atoms with Crippen molar-refractivity contribution in [3.05, 3.63) is 103 Å². The van der Waals surface area contributed by atoms with E-state index in [1.54, 1.807) is 29.4 Å². The molecule has 1 aliphatic heterocycles. The second kappa shape index (κ2) is 19.7. The molecule has 1 aromatic heterocycles. The van der Waals surface area contributed by atoms with Crippen LogP contribution in [0.15, 0.2) is 97.4 Å². The van der Waals surface area contributed by atoms with Gasteiger partial charge in [0.25, 0.3) is 5.91 Å². The summed E-state index contributed by atoms with van der Waals surface area (Å²) in [6.45, 7) is 4.47. The van der Waals surface area contributed by atoms with Crippen molar-refractivity contribution in [2.24, 2.45) is 0 Å². The van der Waals surface area contributed by atoms with Crippen molar-refractivity contribution in [1.82, 2.24) is 14.8 Å². The molecule has 1 aromatic rings. The van der Waals surface area contributed by atoms with Crippen molar-refractivity contribution < 1.29 is 9.59 Å². The molecular formula is C32H43N3O2. The van der Waals surface area contributed by atoms with Crippen molar-refractivity contribution >= 4 is 11.8 Å². The molecule has 1 saturated heterocycles. The molecular weight excluding hydrogens is 458 g/mol. The Morgan fingerprint density at radius 2 is 1.22 bits per heavy atom. The lowest BCUT2D eigenvalue weighted by Gasteiger charge is -2.34. The topological polar surface area (TPSA) is 53.5 Å². The number of pyridine rings is 1. The lowest BCUT2D eigenvalue weighted by Crippen LogP contribution is -2.50. The van der Waals surface area contributed by atoms with Gasteiger partial charge in [-0.15, -0.1) is 0 Å². The van der Waals surface area contributed by atoms with Crippen LogP contribution >= 0.6 is 0 Å². The lowest BCUT2D eigenvalue weighted by molar-refractivity contribution is -0.132. The molecule has 0 aromatic carbocycles. The molecule has 198 valence electrons. The normalized spacial score (nSPS) is 15.1. The maximum absolute atomic E-state index is 12.5. The fourth-order valence-electron chi connectivity index (χ4n) is 3.84. The first-order chi connectivity index (χ1) is 18.2. The Kier molecular flexibility index (Phi) is 15.8. The molecule has 2 rings (SSSR count). The van der Waals surface area contributed by atoms with Crippen molar-refractivity contribution in [2.45, 2.75) is 58.3 Å². The van der Waals surface area contributed by atoms with E-state index >= 15 is 0 Å². The molecule has 5 heteroatoms. The minimum atomic E-state index is -0.0156. The van der Waals surface area contributed by atoms with Crippen LogP contribution in [0.3, 0.4) is 0 Å². The quantitative estimate of drug-likeness (QED) is 0.247. The average Bonchev–Trinajstić information content (AvgIpc) is 2.94. The summed E-state index contributed by atoms with van der Waals surface area (Å²) < 4.78 is 0. The first kappa shape index (κ1) is 29.8. The summed E-state index contributed by atoms with van der Waals surface area (Å²) >= 11 is 0. The van der Waals surface area contributed by atoms with Crippen LogP contribution in [0.5, 0.6) is 0 Å². The predicted molar refractivity (Wildman–Crippen MR) is 154 cm³/mol. The Bertz CT molecular complexity index is 950. The zero-order valence-corrected chi connectivity index (χ0v) is 22.4. The van der Waals surface area contributed by atoms with Crippen LogP contribution in [0.1, 0.15) is 68.6 Å². The lowest BCUT2D eigenvalue weighted by atomic mass is 10.2. The third kappa shape index (κ3) is 13.4. The van der Waals surface area contributed by atoms with Gasteiger partial charge in [0, 0.05) is 45.0 Å². The number of amides is 2. The second-order valence-electron chi connectivity index (χ2n) is 8.87. The first-order valence-corrected chi connectivity index (χ1v) is 13.6. The molecule has 0 radical (unpaired) electrons. The summed E-state index contributed by atoms with van der Waals surface area (Å²) in [7, 11) is 0. The number of piperazine rings is 1. The van der Waals surface area contributed by atoms with Crippen LogP contribution in [0.25, 0.3) is 0 Å². The first-order valence-electron chi connectivity index (χ1n) is 13.6. The molecule has 0 N–H and O–H groups in total. The number of carbonyl (C=O) groups excluding carboxylic acids is 2. The molecule has 0 unspecified atom stereocenters. The number of nitrogens with zero attached hydrogens (tertiary/aromatic N) is 3. The highest BCUT2D eigenvalue weighted by Gasteiger charge is 2.24. The molecule has 1 fully saturated rings. The van der Waals surface area contributed by atoms with Gasteiger partial charge in [0.15, 0.2) is 0 Å². The van der Waals surface area contributed by atoms with Crippen molar-refractivity contribution in [2.75, 3.05) is 26.2 Å². The molecule has 2 heterocycles. The molecule has 1 aliphatic rings. The van der Waals surface area contributed by atoms with Crippen LogP contribution in [-0.4, -0.2) is 52.8 Å². The van der Waals surface area contributed by atoms with E-state index in [9.17, 15) is 9.59 Å². The average molecular weight is 502 g/mol. The standard InChI is InChI=1S/C32H43N3O2/c1-2-3-4-5-6-7-8-9-10-11-12-13-14-15-16-17-18-19-20-23-31(36)34-25-27-35(28-26-34)32(37)30-22-21-24-33-29-30/h3-4,6-7,9-10,12-13,15-16,18-19,21-22,24,29H,2,5,8,11,14,17,20,23,25-28H2,1H3. The minimum Gasteiger partial charge on any atom is -0.339 e. The summed E-state index contributed by atoms with van der Waals surface area (Å²) in [5.74, 6) is 0.145. The summed E-state index contributed by atoms with van der Waals surface area (Å²) in [6.07, 6.45) is 36.6. The third-order valence-corrected chi connectivity index (χ3v) is 5.95. The van der Waals surface area contributed by atoms with E-state index in [1.165, 1.54) is 0 Å². The fourth-order valence-corrected chi connectivity index (χ4v) is 3.84. The maximum atomic E-state index is 12.5. The zero-order valence-electron chi connectivity index (χ0n) is 22.4. The summed E-state index contributed by atoms with van der Waals surface area (Å²) in [6, 6.07) is 3.54. The predicted octanol–water partition coefficient (Wildman–Crippen LogP) is 6.84. The minimum absolute atomic E-state index is 0.0156. The van der Waals surface area contributed by atoms with E-state index < -0.39 is 0 Å². The van der Waals surface area contributed by atoms with Crippen LogP contribution in [-0.2, 0) is 4.79 Å². The molecule has 5 nitrogen and oxygen atoms in total. The molecule has 0 spiro atoms. The van der Waals surface area contributed by atoms with Crippen LogP contribution in [0, 0.1) is 0 Å². The molecule has 2 amide bonds. The number of hydrogen-bond acceptors (Lipinski definition) is 3. The summed E-state index contributed by atoms with van der Waals surface area (Å²) in [5.41, 5.74) is 0.597. The monoisotopic (exact) mass is 501 g/mol. The van der Waals surface area contributed by atoms with E-state index in [0.717, 1.165) is 44.9 Å². The Morgan fingerprint density at radius 3 is 1.70 bits per heavy atom. The smallest absolute Gasteiger partial charge is 0.255 e. The van der Waals surface area contributed by atoms with Crippen LogP contribution in [0.2, 0.25) is 0 Å². The van der Waals surface area contributed by atoms with E-state index in [1.807, 2.05) is 4.90 Å². The summed E-state index contributed by atoms with van der Waals surface area (Å²) in [4.78, 5) is 32.6. The fraction of sp³-hybridized carbons (Fsp3) is 0.406. The van der Waals surface area contributed by atoms with Gasteiger partial charge in [-0.3, -0.25) is 14.6 Å². The Balaban J connectivity index is 1.48. The largest absolute Gasteiger partial charge is 0.339 e. The van der Waals surface area contributed by atoms with Gasteiger partial charge >= 0.3 is 0 Å². The number of allylic oxidation sites excluding steroid dienone is 12. The van der Waals surface area contributed by atoms with Gasteiger partial charge in [-0.2, -0.15) is 0 Å². The van der Waals surface area contributed by atoms with Gasteiger partial charge in [0.05, 0.1) is 5.56 Å². The van der Waals surface area contributed by atoms with Gasteiger partial charge in [-0.05, 0) is 57.1 Å². The highest BCUT2D eigenvalue weighted by Crippen LogP contribution is 2.10. The van der Waals surface area contributed by atoms with Gasteiger partial charge in [0.2, 0.25) is 5.91 Å². The van der Waals surface area contributed by atoms with Gasteiger partial charge in [-0.25, -0.2) is 0 Å². The van der Waals surface area contributed by atoms with Crippen LogP contribution in [0.4, 0.5) is 0 Å². The van der Waals surface area contributed by atoms with E-state index in [2.05, 4.69) is 84.8 Å². The van der Waals surface area contributed by atoms with Gasteiger partial charge in [-0.1, -0.05) is 79.8 Å². The Hall–Kier alpha value is -3.47. The van der Waals surface area contributed by atoms with E-state index in [4.69, 9.17) is 0 Å². The van der Waals surface area contributed by atoms with E-state index in [0.29, 0.717) is 38.2 Å². The van der Waals surface area contributed by atoms with Crippen molar-refractivity contribution in [1.29, 1.82) is 0 Å². The van der Waals surface area contributed by atoms with Gasteiger partial charge < -0.3 is 9.80 Å². The number of aromatic nitrogens is 1. The molecule has 0 aliphatic carbocycles. The molecule has 0 bridgehead atoms. The van der Waals surface area contributed by atoms with E-state index in [-0.39, 0.29) is 11.8 Å². The van der Waals surface area contributed by atoms with Crippen molar-refractivity contribution in [3.8, 4) is 0 Å². The molecule has 37 heavy (non-hydrogen) atoms. The maximum Gasteiger partial charge on any atom is 0.255 e.